The molecular formula is C19H15N3O6. The van der Waals surface area contributed by atoms with Gasteiger partial charge in [0.1, 0.15) is 5.70 Å². The zero-order chi connectivity index (χ0) is 19.8. The zero-order valence-corrected chi connectivity index (χ0v) is 14.8. The Morgan fingerprint density at radius 2 is 1.79 bits per heavy atom. The number of anilines is 1. The highest BCUT2D eigenvalue weighted by molar-refractivity contribution is 6.36. The van der Waals surface area contributed by atoms with Crippen molar-refractivity contribution in [3.63, 3.8) is 0 Å². The Bertz CT molecular complexity index is 1030. The summed E-state index contributed by atoms with van der Waals surface area (Å²) < 4.78 is 10.6. The number of nitro groups is 1. The van der Waals surface area contributed by atoms with Crippen LogP contribution in [0, 0.1) is 10.1 Å². The molecule has 9 heteroatoms. The van der Waals surface area contributed by atoms with E-state index in [0.717, 1.165) is 4.90 Å². The van der Waals surface area contributed by atoms with Gasteiger partial charge in [-0.25, -0.2) is 0 Å². The van der Waals surface area contributed by atoms with Crippen LogP contribution in [0.4, 0.5) is 11.4 Å². The summed E-state index contributed by atoms with van der Waals surface area (Å²) >= 11 is 0. The third-order valence-electron chi connectivity index (χ3n) is 4.49. The standard InChI is InChI=1S/C19H15N3O6/c1-2-21-18(23)16(11-3-6-13(7-4-11)22(25)26)17(19(21)24)20-12-5-8-14-15(9-12)28-10-27-14/h3-9,20H,2,10H2,1H3. The average molecular weight is 381 g/mol. The minimum atomic E-state index is -0.524. The molecule has 0 saturated heterocycles. The Morgan fingerprint density at radius 1 is 1.07 bits per heavy atom. The van der Waals surface area contributed by atoms with Crippen LogP contribution in [-0.4, -0.2) is 35.0 Å². The Morgan fingerprint density at radius 3 is 2.46 bits per heavy atom. The van der Waals surface area contributed by atoms with Crippen molar-refractivity contribution < 1.29 is 24.0 Å². The summed E-state index contributed by atoms with van der Waals surface area (Å²) in [6, 6.07) is 10.6. The van der Waals surface area contributed by atoms with Crippen molar-refractivity contribution in [2.24, 2.45) is 0 Å². The maximum absolute atomic E-state index is 12.8. The van der Waals surface area contributed by atoms with Crippen molar-refractivity contribution in [2.45, 2.75) is 6.92 Å². The molecule has 0 atom stereocenters. The first kappa shape index (κ1) is 17.5. The van der Waals surface area contributed by atoms with E-state index >= 15 is 0 Å². The number of ether oxygens (including phenoxy) is 2. The fraction of sp³-hybridized carbons (Fsp3) is 0.158. The third-order valence-corrected chi connectivity index (χ3v) is 4.49. The summed E-state index contributed by atoms with van der Waals surface area (Å²) in [5.41, 5.74) is 1.15. The molecule has 2 aromatic carbocycles. The number of nitro benzene ring substituents is 1. The van der Waals surface area contributed by atoms with E-state index in [4.69, 9.17) is 9.47 Å². The average Bonchev–Trinajstić information content (AvgIpc) is 3.24. The van der Waals surface area contributed by atoms with Gasteiger partial charge in [0.25, 0.3) is 17.5 Å². The molecule has 2 amide bonds. The summed E-state index contributed by atoms with van der Waals surface area (Å²) in [6.07, 6.45) is 0. The molecular weight excluding hydrogens is 366 g/mol. The van der Waals surface area contributed by atoms with E-state index < -0.39 is 16.7 Å². The highest BCUT2D eigenvalue weighted by atomic mass is 16.7. The summed E-state index contributed by atoms with van der Waals surface area (Å²) in [5, 5.41) is 13.9. The minimum Gasteiger partial charge on any atom is -0.454 e. The Labute approximate surface area is 159 Å². The van der Waals surface area contributed by atoms with Crippen LogP contribution in [0.1, 0.15) is 12.5 Å². The first-order valence-corrected chi connectivity index (χ1v) is 8.51. The second kappa shape index (κ2) is 6.69. The second-order valence-corrected chi connectivity index (χ2v) is 6.10. The van der Waals surface area contributed by atoms with Crippen molar-refractivity contribution in [1.29, 1.82) is 0 Å². The smallest absolute Gasteiger partial charge is 0.278 e. The van der Waals surface area contributed by atoms with Crippen LogP contribution in [0.2, 0.25) is 0 Å². The van der Waals surface area contributed by atoms with Gasteiger partial charge in [0.15, 0.2) is 11.5 Å². The second-order valence-electron chi connectivity index (χ2n) is 6.10. The fourth-order valence-electron chi connectivity index (χ4n) is 3.12. The van der Waals surface area contributed by atoms with Crippen LogP contribution in [0.25, 0.3) is 5.57 Å². The molecule has 0 aromatic heterocycles. The predicted octanol–water partition coefficient (Wildman–Crippen LogP) is 2.54. The van der Waals surface area contributed by atoms with Crippen LogP contribution in [0.15, 0.2) is 48.2 Å². The monoisotopic (exact) mass is 381 g/mol. The molecule has 2 heterocycles. The minimum absolute atomic E-state index is 0.0984. The molecule has 4 rings (SSSR count). The molecule has 0 fully saturated rings. The first-order valence-electron chi connectivity index (χ1n) is 8.51. The highest BCUT2D eigenvalue weighted by Gasteiger charge is 2.38. The Balaban J connectivity index is 1.75. The van der Waals surface area contributed by atoms with E-state index in [1.54, 1.807) is 25.1 Å². The van der Waals surface area contributed by atoms with E-state index in [2.05, 4.69) is 5.32 Å². The number of benzene rings is 2. The lowest BCUT2D eigenvalue weighted by Crippen LogP contribution is -2.32. The molecule has 2 aliphatic heterocycles. The van der Waals surface area contributed by atoms with E-state index in [0.29, 0.717) is 22.7 Å². The quantitative estimate of drug-likeness (QED) is 0.481. The van der Waals surface area contributed by atoms with Crippen LogP contribution in [-0.2, 0) is 9.59 Å². The SMILES string of the molecule is CCN1C(=O)C(Nc2ccc3c(c2)OCO3)=C(c2ccc([N+](=O)[O-])cc2)C1=O. The molecule has 0 bridgehead atoms. The fourth-order valence-corrected chi connectivity index (χ4v) is 3.12. The van der Waals surface area contributed by atoms with Gasteiger partial charge in [0.05, 0.1) is 10.5 Å². The Hall–Kier alpha value is -3.88. The predicted molar refractivity (Wildman–Crippen MR) is 98.6 cm³/mol. The summed E-state index contributed by atoms with van der Waals surface area (Å²) in [7, 11) is 0. The largest absolute Gasteiger partial charge is 0.454 e. The van der Waals surface area contributed by atoms with Crippen molar-refractivity contribution >= 4 is 28.8 Å². The van der Waals surface area contributed by atoms with E-state index in [1.807, 2.05) is 0 Å². The molecule has 0 saturated carbocycles. The molecule has 0 radical (unpaired) electrons. The topological polar surface area (TPSA) is 111 Å². The molecule has 0 unspecified atom stereocenters. The number of rotatable bonds is 5. The number of fused-ring (bicyclic) bond motifs is 1. The van der Waals surface area contributed by atoms with E-state index in [-0.39, 0.29) is 30.3 Å². The molecule has 9 nitrogen and oxygen atoms in total. The maximum Gasteiger partial charge on any atom is 0.278 e. The summed E-state index contributed by atoms with van der Waals surface area (Å²) in [5.74, 6) is 0.217. The number of carbonyl (C=O) groups excluding carboxylic acids is 2. The van der Waals surface area contributed by atoms with Crippen molar-refractivity contribution in [2.75, 3.05) is 18.7 Å². The molecule has 1 N–H and O–H groups in total. The number of carbonyl (C=O) groups is 2. The van der Waals surface area contributed by atoms with Gasteiger partial charge in [0.2, 0.25) is 6.79 Å². The van der Waals surface area contributed by atoms with E-state index in [9.17, 15) is 19.7 Å². The number of hydrogen-bond donors (Lipinski definition) is 1. The van der Waals surface area contributed by atoms with Gasteiger partial charge < -0.3 is 14.8 Å². The van der Waals surface area contributed by atoms with E-state index in [1.165, 1.54) is 24.3 Å². The van der Waals surface area contributed by atoms with Crippen molar-refractivity contribution in [3.8, 4) is 11.5 Å². The molecule has 2 aliphatic rings. The van der Waals surface area contributed by atoms with Crippen LogP contribution in [0.3, 0.4) is 0 Å². The number of amides is 2. The van der Waals surface area contributed by atoms with Gasteiger partial charge in [0, 0.05) is 30.4 Å². The maximum atomic E-state index is 12.8. The van der Waals surface area contributed by atoms with Gasteiger partial charge in [-0.2, -0.15) is 0 Å². The number of non-ortho nitro benzene ring substituents is 1. The summed E-state index contributed by atoms with van der Waals surface area (Å²) in [6.45, 7) is 2.03. The van der Waals surface area contributed by atoms with Gasteiger partial charge in [-0.1, -0.05) is 0 Å². The number of hydrogen-bond acceptors (Lipinski definition) is 7. The Kier molecular flexibility index (Phi) is 4.19. The van der Waals surface area contributed by atoms with Gasteiger partial charge in [-0.15, -0.1) is 0 Å². The number of likely N-dealkylation sites (N-methyl/N-ethyl adjacent to an activating group) is 1. The van der Waals surface area contributed by atoms with Crippen LogP contribution < -0.4 is 14.8 Å². The lowest BCUT2D eigenvalue weighted by molar-refractivity contribution is -0.384. The summed E-state index contributed by atoms with van der Waals surface area (Å²) in [4.78, 5) is 37.0. The van der Waals surface area contributed by atoms with Gasteiger partial charge in [-0.3, -0.25) is 24.6 Å². The number of nitrogens with one attached hydrogen (secondary N) is 1. The van der Waals surface area contributed by atoms with Gasteiger partial charge in [-0.05, 0) is 36.8 Å². The van der Waals surface area contributed by atoms with Crippen LogP contribution in [0.5, 0.6) is 11.5 Å². The molecule has 0 spiro atoms. The lowest BCUT2D eigenvalue weighted by Gasteiger charge is -2.12. The van der Waals surface area contributed by atoms with Crippen molar-refractivity contribution in [1.82, 2.24) is 4.90 Å². The highest BCUT2D eigenvalue weighted by Crippen LogP contribution is 2.36. The normalized spacial score (nSPS) is 15.4. The lowest BCUT2D eigenvalue weighted by atomic mass is 10.0. The first-order chi connectivity index (χ1) is 13.5. The molecule has 2 aromatic rings. The van der Waals surface area contributed by atoms with Crippen molar-refractivity contribution in [3.05, 3.63) is 63.8 Å². The molecule has 28 heavy (non-hydrogen) atoms. The number of imide groups is 1. The zero-order valence-electron chi connectivity index (χ0n) is 14.8. The molecule has 142 valence electrons. The van der Waals surface area contributed by atoms with Crippen LogP contribution >= 0.6 is 0 Å². The van der Waals surface area contributed by atoms with Gasteiger partial charge >= 0.3 is 0 Å². The molecule has 0 aliphatic carbocycles. The third kappa shape index (κ3) is 2.82. The number of nitrogens with zero attached hydrogens (tertiary/aromatic N) is 2.